The maximum atomic E-state index is 10.6. The molecule has 0 aromatic carbocycles. The van der Waals surface area contributed by atoms with Gasteiger partial charge in [-0.3, -0.25) is 4.40 Å². The summed E-state index contributed by atoms with van der Waals surface area (Å²) in [6.45, 7) is 3.87. The van der Waals surface area contributed by atoms with E-state index in [1.165, 1.54) is 0 Å². The number of hydrogen-bond donors (Lipinski definition) is 1. The topological polar surface area (TPSA) is 56.0 Å². The molecule has 1 N–H and O–H groups in total. The van der Waals surface area contributed by atoms with Crippen LogP contribution in [0.25, 0.3) is 4.96 Å². The normalized spacial score (nSPS) is 20.3. The van der Waals surface area contributed by atoms with Crippen LogP contribution < -0.4 is 0 Å². The van der Waals surface area contributed by atoms with Crippen molar-refractivity contribution in [3.05, 3.63) is 23.5 Å². The fourth-order valence-electron chi connectivity index (χ4n) is 2.84. The molecule has 1 aliphatic heterocycles. The van der Waals surface area contributed by atoms with Crippen molar-refractivity contribution in [3.63, 3.8) is 0 Å². The van der Waals surface area contributed by atoms with Gasteiger partial charge in [0.1, 0.15) is 0 Å². The molecule has 20 heavy (non-hydrogen) atoms. The second kappa shape index (κ2) is 5.81. The first kappa shape index (κ1) is 14.0. The average molecular weight is 296 g/mol. The van der Waals surface area contributed by atoms with Crippen LogP contribution in [-0.2, 0) is 15.9 Å². The van der Waals surface area contributed by atoms with E-state index in [0.29, 0.717) is 26.2 Å². The quantitative estimate of drug-likeness (QED) is 0.915. The van der Waals surface area contributed by atoms with Crippen molar-refractivity contribution in [1.29, 1.82) is 0 Å². The van der Waals surface area contributed by atoms with Crippen molar-refractivity contribution in [2.75, 3.05) is 19.8 Å². The predicted octanol–water partition coefficient (Wildman–Crippen LogP) is 1.88. The molecule has 1 fully saturated rings. The minimum Gasteiger partial charge on any atom is -0.390 e. The molecule has 1 unspecified atom stereocenters. The Morgan fingerprint density at radius 2 is 2.35 bits per heavy atom. The standard InChI is InChI=1S/C14H20N2O3S/c1-2-19-14(3-6-18-7-4-14)12(17)9-11-10-16-5-8-20-13(16)15-11/h5,8,10,12,17H,2-4,6-7,9H2,1H3. The summed E-state index contributed by atoms with van der Waals surface area (Å²) >= 11 is 1.60. The molecule has 3 heterocycles. The molecule has 0 aliphatic carbocycles. The fraction of sp³-hybridized carbons (Fsp3) is 0.643. The van der Waals surface area contributed by atoms with E-state index in [4.69, 9.17) is 9.47 Å². The minimum absolute atomic E-state index is 0.482. The summed E-state index contributed by atoms with van der Waals surface area (Å²) in [5.41, 5.74) is 0.430. The lowest BCUT2D eigenvalue weighted by Gasteiger charge is -2.40. The Kier molecular flexibility index (Phi) is 4.07. The maximum absolute atomic E-state index is 10.6. The zero-order valence-corrected chi connectivity index (χ0v) is 12.4. The molecule has 1 aliphatic rings. The number of nitrogens with zero attached hydrogens (tertiary/aromatic N) is 2. The van der Waals surface area contributed by atoms with Crippen molar-refractivity contribution in [2.24, 2.45) is 0 Å². The Balaban J connectivity index is 1.75. The Morgan fingerprint density at radius 1 is 1.55 bits per heavy atom. The summed E-state index contributed by atoms with van der Waals surface area (Å²) in [4.78, 5) is 5.50. The fourth-order valence-corrected chi connectivity index (χ4v) is 3.56. The number of ether oxygens (including phenoxy) is 2. The highest BCUT2D eigenvalue weighted by atomic mass is 32.1. The molecule has 0 bridgehead atoms. The summed E-state index contributed by atoms with van der Waals surface area (Å²) in [5, 5.41) is 12.6. The summed E-state index contributed by atoms with van der Waals surface area (Å²) < 4.78 is 13.3. The van der Waals surface area contributed by atoms with Crippen molar-refractivity contribution >= 4 is 16.3 Å². The summed E-state index contributed by atoms with van der Waals surface area (Å²) in [6, 6.07) is 0. The third kappa shape index (κ3) is 2.61. The van der Waals surface area contributed by atoms with Gasteiger partial charge in [-0.15, -0.1) is 11.3 Å². The molecular weight excluding hydrogens is 276 g/mol. The maximum Gasteiger partial charge on any atom is 0.193 e. The molecule has 5 nitrogen and oxygen atoms in total. The van der Waals surface area contributed by atoms with Gasteiger partial charge in [0.25, 0.3) is 0 Å². The highest BCUT2D eigenvalue weighted by Gasteiger charge is 2.40. The van der Waals surface area contributed by atoms with Crippen LogP contribution in [0.4, 0.5) is 0 Å². The molecule has 2 aromatic heterocycles. The van der Waals surface area contributed by atoms with Gasteiger partial charge in [0.05, 0.1) is 17.4 Å². The van der Waals surface area contributed by atoms with Crippen LogP contribution in [-0.4, -0.2) is 46.0 Å². The van der Waals surface area contributed by atoms with E-state index in [2.05, 4.69) is 4.98 Å². The van der Waals surface area contributed by atoms with Gasteiger partial charge in [-0.2, -0.15) is 0 Å². The average Bonchev–Trinajstić information content (AvgIpc) is 3.01. The first-order valence-electron chi connectivity index (χ1n) is 7.04. The lowest BCUT2D eigenvalue weighted by molar-refractivity contribution is -0.165. The first-order chi connectivity index (χ1) is 9.73. The van der Waals surface area contributed by atoms with Crippen LogP contribution in [0.15, 0.2) is 17.8 Å². The van der Waals surface area contributed by atoms with Gasteiger partial charge in [0, 0.05) is 56.9 Å². The van der Waals surface area contributed by atoms with E-state index in [0.717, 1.165) is 23.5 Å². The number of aromatic nitrogens is 2. The molecule has 1 saturated heterocycles. The smallest absolute Gasteiger partial charge is 0.193 e. The van der Waals surface area contributed by atoms with E-state index in [-0.39, 0.29) is 0 Å². The van der Waals surface area contributed by atoms with Gasteiger partial charge >= 0.3 is 0 Å². The summed E-state index contributed by atoms with van der Waals surface area (Å²) in [6.07, 6.45) is 5.42. The molecule has 0 amide bonds. The monoisotopic (exact) mass is 296 g/mol. The molecule has 110 valence electrons. The Labute approximate surface area is 122 Å². The highest BCUT2D eigenvalue weighted by molar-refractivity contribution is 7.15. The number of rotatable bonds is 5. The zero-order valence-electron chi connectivity index (χ0n) is 11.6. The van der Waals surface area contributed by atoms with E-state index >= 15 is 0 Å². The van der Waals surface area contributed by atoms with E-state index in [9.17, 15) is 5.11 Å². The van der Waals surface area contributed by atoms with Gasteiger partial charge in [-0.25, -0.2) is 4.98 Å². The number of imidazole rings is 1. The molecule has 3 rings (SSSR count). The molecule has 1 atom stereocenters. The molecule has 0 radical (unpaired) electrons. The van der Waals surface area contributed by atoms with Crippen molar-refractivity contribution in [3.8, 4) is 0 Å². The highest BCUT2D eigenvalue weighted by Crippen LogP contribution is 2.31. The molecule has 6 heteroatoms. The van der Waals surface area contributed by atoms with E-state index in [1.54, 1.807) is 11.3 Å². The van der Waals surface area contributed by atoms with Crippen molar-refractivity contribution in [2.45, 2.75) is 37.9 Å². The van der Waals surface area contributed by atoms with Gasteiger partial charge in [0.15, 0.2) is 4.96 Å². The van der Waals surface area contributed by atoms with Gasteiger partial charge < -0.3 is 14.6 Å². The largest absolute Gasteiger partial charge is 0.390 e. The van der Waals surface area contributed by atoms with Crippen molar-refractivity contribution in [1.82, 2.24) is 9.38 Å². The van der Waals surface area contributed by atoms with Gasteiger partial charge in [-0.05, 0) is 6.92 Å². The second-order valence-corrected chi connectivity index (χ2v) is 6.03. The van der Waals surface area contributed by atoms with Crippen LogP contribution in [0.2, 0.25) is 0 Å². The number of thiazole rings is 1. The Hall–Kier alpha value is -0.950. The number of aliphatic hydroxyl groups is 1. The summed E-state index contributed by atoms with van der Waals surface area (Å²) in [7, 11) is 0. The predicted molar refractivity (Wildman–Crippen MR) is 77.2 cm³/mol. The lowest BCUT2D eigenvalue weighted by Crippen LogP contribution is -2.50. The van der Waals surface area contributed by atoms with Crippen LogP contribution in [0, 0.1) is 0 Å². The number of hydrogen-bond acceptors (Lipinski definition) is 5. The third-order valence-electron chi connectivity index (χ3n) is 3.92. The second-order valence-electron chi connectivity index (χ2n) is 5.16. The summed E-state index contributed by atoms with van der Waals surface area (Å²) in [5.74, 6) is 0. The van der Waals surface area contributed by atoms with Crippen LogP contribution in [0.1, 0.15) is 25.5 Å². The zero-order chi connectivity index (χ0) is 14.0. The van der Waals surface area contributed by atoms with E-state index in [1.807, 2.05) is 29.1 Å². The van der Waals surface area contributed by atoms with Crippen LogP contribution >= 0.6 is 11.3 Å². The molecular formula is C14H20N2O3S. The molecule has 0 spiro atoms. The van der Waals surface area contributed by atoms with Crippen molar-refractivity contribution < 1.29 is 14.6 Å². The van der Waals surface area contributed by atoms with Gasteiger partial charge in [-0.1, -0.05) is 0 Å². The van der Waals surface area contributed by atoms with Gasteiger partial charge in [0.2, 0.25) is 0 Å². The first-order valence-corrected chi connectivity index (χ1v) is 7.92. The Bertz CT molecular complexity index is 526. The molecule has 2 aromatic rings. The Morgan fingerprint density at radius 3 is 3.05 bits per heavy atom. The molecule has 0 saturated carbocycles. The number of aliphatic hydroxyl groups excluding tert-OH is 1. The number of fused-ring (bicyclic) bond motifs is 1. The van der Waals surface area contributed by atoms with E-state index < -0.39 is 11.7 Å². The van der Waals surface area contributed by atoms with Crippen LogP contribution in [0.3, 0.4) is 0 Å². The SMILES string of the molecule is CCOC1(C(O)Cc2cn3ccsc3n2)CCOCC1. The minimum atomic E-state index is -0.545. The lowest BCUT2D eigenvalue weighted by atomic mass is 9.85. The third-order valence-corrected chi connectivity index (χ3v) is 4.69. The van der Waals surface area contributed by atoms with Crippen LogP contribution in [0.5, 0.6) is 0 Å².